The predicted octanol–water partition coefficient (Wildman–Crippen LogP) is 2.15. The van der Waals surface area contributed by atoms with Crippen LogP contribution in [0.2, 0.25) is 0 Å². The van der Waals surface area contributed by atoms with E-state index in [1.807, 2.05) is 29.2 Å². The molecule has 0 bridgehead atoms. The molecule has 0 aliphatic heterocycles. The normalized spacial score (nSPS) is 10.3. The predicted molar refractivity (Wildman–Crippen MR) is 64.3 cm³/mol. The largest absolute Gasteiger partial charge is 0.370 e. The molecule has 2 aromatic heterocycles. The van der Waals surface area contributed by atoms with Crippen molar-refractivity contribution in [1.82, 2.24) is 14.8 Å². The van der Waals surface area contributed by atoms with E-state index in [0.717, 1.165) is 25.3 Å². The first-order chi connectivity index (χ1) is 7.88. The summed E-state index contributed by atoms with van der Waals surface area (Å²) in [5.41, 5.74) is 1.21. The third-order valence-corrected chi connectivity index (χ3v) is 2.28. The maximum Gasteiger partial charge on any atom is 0.126 e. The SMILES string of the molecule is CCCNc1cc(Cn2cccn2)ccn1. The maximum absolute atomic E-state index is 4.27. The highest BCUT2D eigenvalue weighted by molar-refractivity contribution is 5.37. The van der Waals surface area contributed by atoms with E-state index in [-0.39, 0.29) is 0 Å². The summed E-state index contributed by atoms with van der Waals surface area (Å²) in [6.45, 7) is 3.88. The van der Waals surface area contributed by atoms with Crippen molar-refractivity contribution in [3.8, 4) is 0 Å². The third kappa shape index (κ3) is 2.82. The average molecular weight is 216 g/mol. The lowest BCUT2D eigenvalue weighted by molar-refractivity contribution is 0.686. The molecule has 2 rings (SSSR count). The Hall–Kier alpha value is -1.84. The van der Waals surface area contributed by atoms with Gasteiger partial charge in [-0.3, -0.25) is 4.68 Å². The molecule has 4 nitrogen and oxygen atoms in total. The molecule has 4 heteroatoms. The lowest BCUT2D eigenvalue weighted by atomic mass is 10.2. The van der Waals surface area contributed by atoms with Crippen molar-refractivity contribution < 1.29 is 0 Å². The summed E-state index contributed by atoms with van der Waals surface area (Å²) < 4.78 is 1.90. The lowest BCUT2D eigenvalue weighted by Crippen LogP contribution is -2.04. The van der Waals surface area contributed by atoms with Gasteiger partial charge in [0.05, 0.1) is 6.54 Å². The fourth-order valence-electron chi connectivity index (χ4n) is 1.50. The Morgan fingerprint density at radius 3 is 3.06 bits per heavy atom. The first kappa shape index (κ1) is 10.7. The van der Waals surface area contributed by atoms with Crippen LogP contribution in [0.25, 0.3) is 0 Å². The molecule has 84 valence electrons. The molecule has 0 saturated carbocycles. The second-order valence-electron chi connectivity index (χ2n) is 3.68. The van der Waals surface area contributed by atoms with Gasteiger partial charge in [-0.05, 0) is 30.2 Å². The quantitative estimate of drug-likeness (QED) is 0.832. The Balaban J connectivity index is 2.04. The summed E-state index contributed by atoms with van der Waals surface area (Å²) >= 11 is 0. The van der Waals surface area contributed by atoms with Gasteiger partial charge >= 0.3 is 0 Å². The summed E-state index contributed by atoms with van der Waals surface area (Å²) in [6.07, 6.45) is 6.68. The molecule has 0 spiro atoms. The Bertz CT molecular complexity index is 422. The Kier molecular flexibility index (Phi) is 3.53. The van der Waals surface area contributed by atoms with Crippen LogP contribution in [0.4, 0.5) is 5.82 Å². The molecule has 2 aromatic rings. The van der Waals surface area contributed by atoms with E-state index in [1.165, 1.54) is 5.56 Å². The van der Waals surface area contributed by atoms with Crippen LogP contribution < -0.4 is 5.32 Å². The van der Waals surface area contributed by atoms with Crippen LogP contribution >= 0.6 is 0 Å². The van der Waals surface area contributed by atoms with E-state index >= 15 is 0 Å². The van der Waals surface area contributed by atoms with E-state index in [2.05, 4.69) is 28.4 Å². The van der Waals surface area contributed by atoms with Gasteiger partial charge in [-0.25, -0.2) is 4.98 Å². The summed E-state index contributed by atoms with van der Waals surface area (Å²) in [4.78, 5) is 4.27. The van der Waals surface area contributed by atoms with Crippen LogP contribution in [-0.2, 0) is 6.54 Å². The second kappa shape index (κ2) is 5.30. The molecule has 0 radical (unpaired) electrons. The van der Waals surface area contributed by atoms with Gasteiger partial charge in [0, 0.05) is 25.1 Å². The number of rotatable bonds is 5. The van der Waals surface area contributed by atoms with E-state index in [0.29, 0.717) is 0 Å². The highest BCUT2D eigenvalue weighted by Crippen LogP contribution is 2.08. The summed E-state index contributed by atoms with van der Waals surface area (Å²) in [6, 6.07) is 6.01. The van der Waals surface area contributed by atoms with Crippen molar-refractivity contribution in [2.75, 3.05) is 11.9 Å². The number of nitrogens with zero attached hydrogens (tertiary/aromatic N) is 3. The molecule has 1 N–H and O–H groups in total. The van der Waals surface area contributed by atoms with Gasteiger partial charge in [0.25, 0.3) is 0 Å². The summed E-state index contributed by atoms with van der Waals surface area (Å²) in [5.74, 6) is 0.937. The zero-order valence-electron chi connectivity index (χ0n) is 9.43. The minimum Gasteiger partial charge on any atom is -0.370 e. The molecule has 0 aliphatic rings. The smallest absolute Gasteiger partial charge is 0.126 e. The van der Waals surface area contributed by atoms with Gasteiger partial charge in [0.1, 0.15) is 5.82 Å². The van der Waals surface area contributed by atoms with Gasteiger partial charge in [-0.2, -0.15) is 5.10 Å². The number of pyridine rings is 1. The standard InChI is InChI=1S/C12H16N4/c1-2-5-13-12-9-11(4-7-14-12)10-16-8-3-6-15-16/h3-4,6-9H,2,5,10H2,1H3,(H,13,14). The van der Waals surface area contributed by atoms with E-state index in [4.69, 9.17) is 0 Å². The second-order valence-corrected chi connectivity index (χ2v) is 3.68. The molecule has 0 saturated heterocycles. The van der Waals surface area contributed by atoms with Crippen LogP contribution in [-0.4, -0.2) is 21.3 Å². The number of aromatic nitrogens is 3. The van der Waals surface area contributed by atoms with Gasteiger partial charge in [0.2, 0.25) is 0 Å². The number of hydrogen-bond acceptors (Lipinski definition) is 3. The third-order valence-electron chi connectivity index (χ3n) is 2.28. The molecule has 0 aromatic carbocycles. The van der Waals surface area contributed by atoms with Crippen LogP contribution in [0.3, 0.4) is 0 Å². The van der Waals surface area contributed by atoms with Crippen LogP contribution in [0, 0.1) is 0 Å². The number of nitrogens with one attached hydrogen (secondary N) is 1. The van der Waals surface area contributed by atoms with Crippen molar-refractivity contribution in [1.29, 1.82) is 0 Å². The van der Waals surface area contributed by atoms with E-state index < -0.39 is 0 Å². The lowest BCUT2D eigenvalue weighted by Gasteiger charge is -2.06. The topological polar surface area (TPSA) is 42.7 Å². The van der Waals surface area contributed by atoms with Crippen LogP contribution in [0.5, 0.6) is 0 Å². The molecule has 0 aliphatic carbocycles. The number of hydrogen-bond donors (Lipinski definition) is 1. The number of anilines is 1. The van der Waals surface area contributed by atoms with Crippen molar-refractivity contribution in [2.45, 2.75) is 19.9 Å². The molecular formula is C12H16N4. The minimum atomic E-state index is 0.788. The molecular weight excluding hydrogens is 200 g/mol. The minimum absolute atomic E-state index is 0.788. The van der Waals surface area contributed by atoms with Crippen molar-refractivity contribution >= 4 is 5.82 Å². The van der Waals surface area contributed by atoms with Gasteiger partial charge in [0.15, 0.2) is 0 Å². The van der Waals surface area contributed by atoms with Crippen LogP contribution in [0.1, 0.15) is 18.9 Å². The Morgan fingerprint density at radius 2 is 2.31 bits per heavy atom. The highest BCUT2D eigenvalue weighted by Gasteiger charge is 1.97. The van der Waals surface area contributed by atoms with Crippen molar-refractivity contribution in [3.63, 3.8) is 0 Å². The van der Waals surface area contributed by atoms with Gasteiger partial charge in [-0.15, -0.1) is 0 Å². The van der Waals surface area contributed by atoms with E-state index in [9.17, 15) is 0 Å². The molecule has 0 unspecified atom stereocenters. The Labute approximate surface area is 95.3 Å². The zero-order chi connectivity index (χ0) is 11.2. The molecule has 0 amide bonds. The van der Waals surface area contributed by atoms with Crippen molar-refractivity contribution in [2.24, 2.45) is 0 Å². The fourth-order valence-corrected chi connectivity index (χ4v) is 1.50. The molecule has 2 heterocycles. The summed E-state index contributed by atoms with van der Waals surface area (Å²) in [7, 11) is 0. The van der Waals surface area contributed by atoms with Crippen molar-refractivity contribution in [3.05, 3.63) is 42.4 Å². The maximum atomic E-state index is 4.27. The van der Waals surface area contributed by atoms with Gasteiger partial charge in [-0.1, -0.05) is 6.92 Å². The zero-order valence-corrected chi connectivity index (χ0v) is 9.43. The first-order valence-electron chi connectivity index (χ1n) is 5.54. The highest BCUT2D eigenvalue weighted by atomic mass is 15.3. The first-order valence-corrected chi connectivity index (χ1v) is 5.54. The van der Waals surface area contributed by atoms with Gasteiger partial charge < -0.3 is 5.32 Å². The molecule has 16 heavy (non-hydrogen) atoms. The monoisotopic (exact) mass is 216 g/mol. The average Bonchev–Trinajstić information content (AvgIpc) is 2.80. The fraction of sp³-hybridized carbons (Fsp3) is 0.333. The molecule has 0 fully saturated rings. The van der Waals surface area contributed by atoms with E-state index in [1.54, 1.807) is 6.20 Å². The molecule has 0 atom stereocenters. The summed E-state index contributed by atoms with van der Waals surface area (Å²) in [5, 5.41) is 7.45. The van der Waals surface area contributed by atoms with Crippen LogP contribution in [0.15, 0.2) is 36.8 Å². The Morgan fingerprint density at radius 1 is 1.38 bits per heavy atom.